The summed E-state index contributed by atoms with van der Waals surface area (Å²) in [6.07, 6.45) is 1.75. The van der Waals surface area contributed by atoms with Gasteiger partial charge < -0.3 is 19.7 Å². The van der Waals surface area contributed by atoms with Gasteiger partial charge in [0.05, 0.1) is 0 Å². The quantitative estimate of drug-likeness (QED) is 0.811. The van der Waals surface area contributed by atoms with E-state index < -0.39 is 5.79 Å². The van der Waals surface area contributed by atoms with E-state index >= 15 is 0 Å². The van der Waals surface area contributed by atoms with E-state index in [1.807, 2.05) is 24.3 Å². The van der Waals surface area contributed by atoms with Gasteiger partial charge in [-0.25, -0.2) is 0 Å². The van der Waals surface area contributed by atoms with Crippen molar-refractivity contribution in [3.05, 3.63) is 59.7 Å². The molecule has 0 bridgehead atoms. The van der Waals surface area contributed by atoms with Crippen LogP contribution in [0.15, 0.2) is 48.5 Å². The molecular formula is C22H27NO4. The molecule has 2 N–H and O–H groups in total. The third kappa shape index (κ3) is 4.26. The van der Waals surface area contributed by atoms with Gasteiger partial charge in [0.1, 0.15) is 6.61 Å². The molecule has 144 valence electrons. The Labute approximate surface area is 160 Å². The molecule has 2 aromatic carbocycles. The Morgan fingerprint density at radius 1 is 1.07 bits per heavy atom. The van der Waals surface area contributed by atoms with Gasteiger partial charge in [0, 0.05) is 19.0 Å². The van der Waals surface area contributed by atoms with Crippen LogP contribution in [0.3, 0.4) is 0 Å². The minimum Gasteiger partial charge on any atom is -0.485 e. The predicted octanol–water partition coefficient (Wildman–Crippen LogP) is 3.11. The lowest BCUT2D eigenvalue weighted by Gasteiger charge is -2.37. The lowest BCUT2D eigenvalue weighted by Crippen LogP contribution is -2.45. The zero-order chi connectivity index (χ0) is 18.9. The van der Waals surface area contributed by atoms with Crippen molar-refractivity contribution >= 4 is 0 Å². The van der Waals surface area contributed by atoms with Gasteiger partial charge in [-0.15, -0.1) is 0 Å². The van der Waals surface area contributed by atoms with Crippen molar-refractivity contribution in [2.75, 3.05) is 19.7 Å². The first-order valence-electron chi connectivity index (χ1n) is 9.63. The number of piperidine rings is 1. The van der Waals surface area contributed by atoms with Crippen LogP contribution in [0.25, 0.3) is 0 Å². The van der Waals surface area contributed by atoms with Gasteiger partial charge in [0.25, 0.3) is 0 Å². The summed E-state index contributed by atoms with van der Waals surface area (Å²) in [6, 6.07) is 16.2. The molecule has 0 spiro atoms. The number of nitrogens with zero attached hydrogens (tertiary/aromatic N) is 1. The smallest absolute Gasteiger partial charge is 0.163 e. The van der Waals surface area contributed by atoms with E-state index in [-0.39, 0.29) is 12.0 Å². The fourth-order valence-electron chi connectivity index (χ4n) is 3.93. The van der Waals surface area contributed by atoms with E-state index in [9.17, 15) is 10.2 Å². The molecule has 0 aliphatic carbocycles. The Hall–Kier alpha value is -2.08. The van der Waals surface area contributed by atoms with Crippen LogP contribution in [0.1, 0.15) is 37.0 Å². The first kappa shape index (κ1) is 18.3. The van der Waals surface area contributed by atoms with E-state index in [0.717, 1.165) is 43.0 Å². The van der Waals surface area contributed by atoms with Crippen LogP contribution in [0.4, 0.5) is 0 Å². The monoisotopic (exact) mass is 369 g/mol. The minimum atomic E-state index is -1.60. The molecule has 0 unspecified atom stereocenters. The molecule has 5 heteroatoms. The average molecular weight is 369 g/mol. The fourth-order valence-corrected chi connectivity index (χ4v) is 3.93. The first-order valence-corrected chi connectivity index (χ1v) is 9.63. The fraction of sp³-hybridized carbons (Fsp3) is 0.455. The topological polar surface area (TPSA) is 62.2 Å². The van der Waals surface area contributed by atoms with Crippen LogP contribution < -0.4 is 9.47 Å². The van der Waals surface area contributed by atoms with Crippen LogP contribution in [0.2, 0.25) is 0 Å². The van der Waals surface area contributed by atoms with Crippen molar-refractivity contribution in [2.45, 2.75) is 38.2 Å². The highest BCUT2D eigenvalue weighted by Gasteiger charge is 2.33. The molecule has 0 amide bonds. The summed E-state index contributed by atoms with van der Waals surface area (Å²) >= 11 is 0. The van der Waals surface area contributed by atoms with Crippen molar-refractivity contribution < 1.29 is 19.7 Å². The highest BCUT2D eigenvalue weighted by molar-refractivity contribution is 5.41. The number of para-hydroxylation sites is 2. The molecule has 2 aliphatic rings. The number of fused-ring (bicyclic) bond motifs is 1. The summed E-state index contributed by atoms with van der Waals surface area (Å²) in [7, 11) is 0. The number of ether oxygens (including phenoxy) is 2. The van der Waals surface area contributed by atoms with Crippen molar-refractivity contribution in [3.63, 3.8) is 0 Å². The second-order valence-electron chi connectivity index (χ2n) is 7.77. The summed E-state index contributed by atoms with van der Waals surface area (Å²) in [4.78, 5) is 2.30. The Bertz CT molecular complexity index is 769. The van der Waals surface area contributed by atoms with Crippen molar-refractivity contribution in [3.8, 4) is 11.5 Å². The van der Waals surface area contributed by atoms with E-state index in [1.54, 1.807) is 0 Å². The summed E-state index contributed by atoms with van der Waals surface area (Å²) in [5, 5.41) is 19.8. The number of hydrogen-bond acceptors (Lipinski definition) is 5. The molecule has 0 aromatic heterocycles. The summed E-state index contributed by atoms with van der Waals surface area (Å²) in [6.45, 7) is 4.51. The number of rotatable bonds is 4. The van der Waals surface area contributed by atoms with Crippen molar-refractivity contribution in [2.24, 2.45) is 5.92 Å². The molecule has 2 atom stereocenters. The van der Waals surface area contributed by atoms with Crippen LogP contribution in [0, 0.1) is 5.92 Å². The molecule has 0 saturated carbocycles. The lowest BCUT2D eigenvalue weighted by atomic mass is 9.90. The summed E-state index contributed by atoms with van der Waals surface area (Å²) in [5.41, 5.74) is 2.32. The maximum Gasteiger partial charge on any atom is 0.163 e. The van der Waals surface area contributed by atoms with Crippen LogP contribution in [0.5, 0.6) is 11.5 Å². The maximum absolute atomic E-state index is 9.88. The van der Waals surface area contributed by atoms with E-state index in [4.69, 9.17) is 9.47 Å². The average Bonchev–Trinajstić information content (AvgIpc) is 2.68. The highest BCUT2D eigenvalue weighted by Crippen LogP contribution is 2.36. The van der Waals surface area contributed by atoms with Gasteiger partial charge in [-0.05, 0) is 49.6 Å². The molecule has 27 heavy (non-hydrogen) atoms. The van der Waals surface area contributed by atoms with Crippen LogP contribution >= 0.6 is 0 Å². The predicted molar refractivity (Wildman–Crippen MR) is 103 cm³/mol. The van der Waals surface area contributed by atoms with Gasteiger partial charge in [-0.1, -0.05) is 36.4 Å². The van der Waals surface area contributed by atoms with Crippen molar-refractivity contribution in [1.82, 2.24) is 4.90 Å². The van der Waals surface area contributed by atoms with E-state index in [0.29, 0.717) is 13.2 Å². The second kappa shape index (κ2) is 7.50. The third-order valence-corrected chi connectivity index (χ3v) is 5.55. The Balaban J connectivity index is 1.38. The van der Waals surface area contributed by atoms with Gasteiger partial charge >= 0.3 is 0 Å². The summed E-state index contributed by atoms with van der Waals surface area (Å²) < 4.78 is 11.9. The number of benzene rings is 2. The molecule has 4 rings (SSSR count). The molecule has 2 aliphatic heterocycles. The summed E-state index contributed by atoms with van der Waals surface area (Å²) in [5.74, 6) is -0.117. The third-order valence-electron chi connectivity index (χ3n) is 5.55. The Morgan fingerprint density at radius 2 is 1.81 bits per heavy atom. The molecule has 0 radical (unpaired) electrons. The first-order chi connectivity index (χ1) is 13.0. The SMILES string of the molecule is CC(O)(O)[C@@H]1CCCN(Cc2ccc([C@H]3COc4ccccc4O3)cc2)C1. The molecule has 1 fully saturated rings. The van der Waals surface area contributed by atoms with Crippen LogP contribution in [-0.4, -0.2) is 40.6 Å². The van der Waals surface area contributed by atoms with Gasteiger partial charge in [0.15, 0.2) is 23.4 Å². The van der Waals surface area contributed by atoms with Gasteiger partial charge in [-0.3, -0.25) is 4.90 Å². The second-order valence-corrected chi connectivity index (χ2v) is 7.77. The number of likely N-dealkylation sites (tertiary alicyclic amines) is 1. The molecule has 5 nitrogen and oxygen atoms in total. The Kier molecular flexibility index (Phi) is 5.08. The maximum atomic E-state index is 9.88. The lowest BCUT2D eigenvalue weighted by molar-refractivity contribution is -0.196. The zero-order valence-electron chi connectivity index (χ0n) is 15.7. The molecular weight excluding hydrogens is 342 g/mol. The van der Waals surface area contributed by atoms with Crippen molar-refractivity contribution in [1.29, 1.82) is 0 Å². The normalized spacial score (nSPS) is 23.2. The molecule has 2 heterocycles. The molecule has 1 saturated heterocycles. The minimum absolute atomic E-state index is 0.0987. The number of hydrogen-bond donors (Lipinski definition) is 2. The Morgan fingerprint density at radius 3 is 2.56 bits per heavy atom. The highest BCUT2D eigenvalue weighted by atomic mass is 16.6. The number of aliphatic hydroxyl groups is 2. The van der Waals surface area contributed by atoms with E-state index in [2.05, 4.69) is 29.2 Å². The standard InChI is InChI=1S/C22H27NO4/c1-22(24,25)18-5-4-12-23(14-18)13-16-8-10-17(11-9-16)21-15-26-19-6-2-3-7-20(19)27-21/h2-3,6-11,18,21,24-25H,4-5,12-15H2,1H3/t18-,21-/m1/s1. The van der Waals surface area contributed by atoms with E-state index in [1.165, 1.54) is 12.5 Å². The molecule has 2 aromatic rings. The van der Waals surface area contributed by atoms with Crippen LogP contribution in [-0.2, 0) is 6.54 Å². The largest absolute Gasteiger partial charge is 0.485 e. The van der Waals surface area contributed by atoms with Gasteiger partial charge in [0.2, 0.25) is 0 Å². The van der Waals surface area contributed by atoms with Gasteiger partial charge in [-0.2, -0.15) is 0 Å². The zero-order valence-corrected chi connectivity index (χ0v) is 15.7.